The van der Waals surface area contributed by atoms with E-state index in [1.807, 2.05) is 32.0 Å². The third kappa shape index (κ3) is 13.3. The molecular weight excluding hydrogens is 664 g/mol. The van der Waals surface area contributed by atoms with Crippen LogP contribution in [0.3, 0.4) is 0 Å². The van der Waals surface area contributed by atoms with E-state index in [1.165, 1.54) is 11.9 Å². The molecule has 0 radical (unpaired) electrons. The number of amides is 4. The average molecular weight is 731 g/mol. The third-order valence-electron chi connectivity index (χ3n) is 9.68. The number of hydrogen-bond acceptors (Lipinski definition) is 8. The van der Waals surface area contributed by atoms with Crippen molar-refractivity contribution in [3.63, 3.8) is 0 Å². The van der Waals surface area contributed by atoms with Gasteiger partial charge >= 0.3 is 6.09 Å². The number of unbranched alkanes of at least 4 members (excludes halogenated alkanes) is 3. The monoisotopic (exact) mass is 730 g/mol. The maximum absolute atomic E-state index is 14.0. The fourth-order valence-corrected chi connectivity index (χ4v) is 6.50. The third-order valence-corrected chi connectivity index (χ3v) is 9.68. The maximum atomic E-state index is 14.0. The van der Waals surface area contributed by atoms with Gasteiger partial charge in [0, 0.05) is 53.0 Å². The Kier molecular flexibility index (Phi) is 17.8. The zero-order valence-electron chi connectivity index (χ0n) is 33.0. The van der Waals surface area contributed by atoms with Gasteiger partial charge in [0.25, 0.3) is 0 Å². The Hall–Kier alpha value is -3.22. The molecule has 0 saturated carbocycles. The highest BCUT2D eigenvalue weighted by atomic mass is 16.6. The minimum atomic E-state index is -0.877. The van der Waals surface area contributed by atoms with E-state index >= 15 is 0 Å². The van der Waals surface area contributed by atoms with Crippen LogP contribution in [0.2, 0.25) is 0 Å². The smallest absolute Gasteiger partial charge is 0.410 e. The minimum Gasteiger partial charge on any atom is -0.444 e. The molecule has 2 aliphatic rings. The number of fused-ring (bicyclic) bond motifs is 1. The first-order valence-electron chi connectivity index (χ1n) is 19.5. The first-order chi connectivity index (χ1) is 24.7. The number of hydrogen-bond donors (Lipinski definition) is 2. The lowest BCUT2D eigenvalue weighted by Crippen LogP contribution is -2.58. The van der Waals surface area contributed by atoms with E-state index in [1.54, 1.807) is 32.6 Å². The second-order valence-electron chi connectivity index (χ2n) is 15.5. The lowest BCUT2D eigenvalue weighted by Gasteiger charge is -2.33. The van der Waals surface area contributed by atoms with Crippen molar-refractivity contribution in [2.24, 2.45) is 5.92 Å². The summed E-state index contributed by atoms with van der Waals surface area (Å²) in [4.78, 5) is 56.6. The molecule has 0 spiro atoms. The van der Waals surface area contributed by atoms with Crippen LogP contribution >= 0.6 is 0 Å². The maximum Gasteiger partial charge on any atom is 0.410 e. The van der Waals surface area contributed by atoms with Gasteiger partial charge in [-0.15, -0.1) is 0 Å². The highest BCUT2D eigenvalue weighted by molar-refractivity contribution is 5.94. The summed E-state index contributed by atoms with van der Waals surface area (Å²) in [7, 11) is 1.49. The van der Waals surface area contributed by atoms with Crippen LogP contribution in [-0.4, -0.2) is 110 Å². The Labute approximate surface area is 312 Å². The SMILES string of the molecule is CCCCOCCCCCOCCCO[C@@H]1Cc2ccccc2[C@@H]1NC(=O)[C@@H]1CCCN1C(=O)[C@@H](NC(=O)[C@H](C)N(C)C(=O)OC(C)(C)C)C(C)C. The van der Waals surface area contributed by atoms with Gasteiger partial charge in [0.1, 0.15) is 23.7 Å². The molecule has 2 N–H and O–H groups in total. The quantitative estimate of drug-likeness (QED) is 0.157. The number of nitrogens with zero attached hydrogens (tertiary/aromatic N) is 2. The normalized spacial score (nSPS) is 19.6. The zero-order valence-corrected chi connectivity index (χ0v) is 33.0. The van der Waals surface area contributed by atoms with Gasteiger partial charge in [-0.05, 0) is 89.7 Å². The molecule has 3 rings (SSSR count). The molecule has 12 heteroatoms. The number of nitrogens with one attached hydrogen (secondary N) is 2. The minimum absolute atomic E-state index is 0.230. The highest BCUT2D eigenvalue weighted by Crippen LogP contribution is 2.34. The molecule has 4 amide bonds. The Bertz CT molecular complexity index is 1280. The standard InChI is InChI=1S/C40H66N4O8/c1-9-10-22-49-23-14-11-15-24-50-25-17-26-51-33-27-30-18-12-13-19-31(30)35(33)42-37(46)32-20-16-21-44(32)38(47)34(28(2)3)41-36(45)29(4)43(8)39(48)52-40(5,6)7/h12-13,18-19,28-29,32-35H,9-11,14-17,20-27H2,1-8H3,(H,41,45)(H,42,46)/t29-,32-,33+,34-,35-/m0/s1. The number of rotatable bonds is 21. The summed E-state index contributed by atoms with van der Waals surface area (Å²) in [6, 6.07) is 5.30. The van der Waals surface area contributed by atoms with Crippen molar-refractivity contribution in [1.82, 2.24) is 20.4 Å². The number of ether oxygens (including phenoxy) is 4. The van der Waals surface area contributed by atoms with E-state index in [-0.39, 0.29) is 29.9 Å². The second kappa shape index (κ2) is 21.5. The molecule has 0 unspecified atom stereocenters. The molecular formula is C40H66N4O8. The topological polar surface area (TPSA) is 136 Å². The van der Waals surface area contributed by atoms with Gasteiger partial charge in [-0.25, -0.2) is 4.79 Å². The summed E-state index contributed by atoms with van der Waals surface area (Å²) in [5.41, 5.74) is 1.45. The molecule has 1 fully saturated rings. The van der Waals surface area contributed by atoms with Crippen LogP contribution in [0.1, 0.15) is 117 Å². The van der Waals surface area contributed by atoms with E-state index in [9.17, 15) is 19.2 Å². The van der Waals surface area contributed by atoms with Crippen molar-refractivity contribution in [2.45, 2.75) is 142 Å². The second-order valence-corrected chi connectivity index (χ2v) is 15.5. The molecule has 1 aromatic rings. The summed E-state index contributed by atoms with van der Waals surface area (Å²) < 4.78 is 23.2. The van der Waals surface area contributed by atoms with Gasteiger partial charge in [0.2, 0.25) is 17.7 Å². The summed E-state index contributed by atoms with van der Waals surface area (Å²) in [5.74, 6) is -1.27. The first-order valence-corrected chi connectivity index (χ1v) is 19.5. The molecule has 52 heavy (non-hydrogen) atoms. The summed E-state index contributed by atoms with van der Waals surface area (Å²) in [5, 5.41) is 6.09. The fourth-order valence-electron chi connectivity index (χ4n) is 6.50. The molecule has 12 nitrogen and oxygen atoms in total. The molecule has 1 saturated heterocycles. The van der Waals surface area contributed by atoms with Crippen LogP contribution < -0.4 is 10.6 Å². The molecule has 5 atom stereocenters. The number of likely N-dealkylation sites (tertiary alicyclic amines) is 1. The predicted octanol–water partition coefficient (Wildman–Crippen LogP) is 5.57. The van der Waals surface area contributed by atoms with Crippen molar-refractivity contribution < 1.29 is 38.1 Å². The highest BCUT2D eigenvalue weighted by Gasteiger charge is 2.42. The molecule has 0 aromatic heterocycles. The van der Waals surface area contributed by atoms with Gasteiger partial charge < -0.3 is 34.5 Å². The van der Waals surface area contributed by atoms with Crippen LogP contribution in [0.15, 0.2) is 24.3 Å². The average Bonchev–Trinajstić information content (AvgIpc) is 3.72. The summed E-state index contributed by atoms with van der Waals surface area (Å²) in [6.07, 6.45) is 7.22. The van der Waals surface area contributed by atoms with Gasteiger partial charge in [0.15, 0.2) is 0 Å². The van der Waals surface area contributed by atoms with E-state index < -0.39 is 35.7 Å². The number of likely N-dealkylation sites (N-methyl/N-ethyl adjacent to an activating group) is 1. The van der Waals surface area contributed by atoms with E-state index in [0.29, 0.717) is 39.0 Å². The number of carbonyl (C=O) groups excluding carboxylic acids is 4. The number of benzene rings is 1. The van der Waals surface area contributed by atoms with Crippen molar-refractivity contribution >= 4 is 23.8 Å². The molecule has 1 heterocycles. The van der Waals surface area contributed by atoms with Gasteiger partial charge in [-0.1, -0.05) is 51.5 Å². The molecule has 1 aliphatic carbocycles. The van der Waals surface area contributed by atoms with Crippen molar-refractivity contribution in [2.75, 3.05) is 46.6 Å². The van der Waals surface area contributed by atoms with Crippen LogP contribution in [-0.2, 0) is 39.8 Å². The van der Waals surface area contributed by atoms with E-state index in [4.69, 9.17) is 18.9 Å². The van der Waals surface area contributed by atoms with Gasteiger partial charge in [-0.2, -0.15) is 0 Å². The fraction of sp³-hybridized carbons (Fsp3) is 0.750. The lowest BCUT2D eigenvalue weighted by atomic mass is 10.0. The van der Waals surface area contributed by atoms with E-state index in [0.717, 1.165) is 69.5 Å². The Morgan fingerprint density at radius 2 is 1.58 bits per heavy atom. The Morgan fingerprint density at radius 3 is 2.23 bits per heavy atom. The van der Waals surface area contributed by atoms with Crippen LogP contribution in [0.4, 0.5) is 4.79 Å². The Balaban J connectivity index is 1.53. The molecule has 294 valence electrons. The zero-order chi connectivity index (χ0) is 38.3. The van der Waals surface area contributed by atoms with Crippen LogP contribution in [0.25, 0.3) is 0 Å². The molecule has 1 aliphatic heterocycles. The number of carbonyl (C=O) groups is 4. The van der Waals surface area contributed by atoms with Crippen LogP contribution in [0.5, 0.6) is 0 Å². The Morgan fingerprint density at radius 1 is 0.923 bits per heavy atom. The lowest BCUT2D eigenvalue weighted by molar-refractivity contribution is -0.143. The van der Waals surface area contributed by atoms with Crippen molar-refractivity contribution in [3.05, 3.63) is 35.4 Å². The van der Waals surface area contributed by atoms with Gasteiger partial charge in [-0.3, -0.25) is 19.3 Å². The van der Waals surface area contributed by atoms with Gasteiger partial charge in [0.05, 0.1) is 12.1 Å². The van der Waals surface area contributed by atoms with Crippen molar-refractivity contribution in [3.8, 4) is 0 Å². The largest absolute Gasteiger partial charge is 0.444 e. The summed E-state index contributed by atoms with van der Waals surface area (Å²) in [6.45, 7) is 16.7. The molecule has 0 bridgehead atoms. The predicted molar refractivity (Wildman–Crippen MR) is 201 cm³/mol. The van der Waals surface area contributed by atoms with Crippen molar-refractivity contribution in [1.29, 1.82) is 0 Å². The van der Waals surface area contributed by atoms with Crippen LogP contribution in [0, 0.1) is 5.92 Å². The first kappa shape index (κ1) is 43.2. The van der Waals surface area contributed by atoms with E-state index in [2.05, 4.69) is 23.6 Å². The molecule has 1 aromatic carbocycles. The summed E-state index contributed by atoms with van der Waals surface area (Å²) >= 11 is 0.